The van der Waals surface area contributed by atoms with E-state index < -0.39 is 0 Å². The smallest absolute Gasteiger partial charge is 0.319 e. The fraction of sp³-hybridized carbons (Fsp3) is 0.133. The lowest BCUT2D eigenvalue weighted by molar-refractivity contribution is 0.251. The molecular formula is C15H16FN3O. The Kier molecular flexibility index (Phi) is 4.68. The number of benzene rings is 2. The second-order valence-corrected chi connectivity index (χ2v) is 4.34. The number of urea groups is 1. The first kappa shape index (κ1) is 14.0. The Morgan fingerprint density at radius 2 is 1.80 bits per heavy atom. The lowest BCUT2D eigenvalue weighted by atomic mass is 10.1. The van der Waals surface area contributed by atoms with Crippen LogP contribution in [0.2, 0.25) is 0 Å². The van der Waals surface area contributed by atoms with E-state index >= 15 is 0 Å². The summed E-state index contributed by atoms with van der Waals surface area (Å²) in [4.78, 5) is 11.7. The average Bonchev–Trinajstić information content (AvgIpc) is 2.48. The highest BCUT2D eigenvalue weighted by atomic mass is 19.1. The van der Waals surface area contributed by atoms with E-state index in [2.05, 4.69) is 10.6 Å². The second kappa shape index (κ2) is 6.68. The number of nitrogens with two attached hydrogens (primary N) is 1. The molecule has 0 atom stereocenters. The van der Waals surface area contributed by atoms with Gasteiger partial charge in [-0.05, 0) is 35.4 Å². The first-order chi connectivity index (χ1) is 9.67. The monoisotopic (exact) mass is 273 g/mol. The summed E-state index contributed by atoms with van der Waals surface area (Å²) < 4.78 is 12.7. The maximum atomic E-state index is 12.7. The second-order valence-electron chi connectivity index (χ2n) is 4.34. The molecule has 2 aromatic carbocycles. The molecule has 0 spiro atoms. The van der Waals surface area contributed by atoms with Crippen LogP contribution in [0.4, 0.5) is 14.9 Å². The summed E-state index contributed by atoms with van der Waals surface area (Å²) in [7, 11) is 0. The molecule has 0 fully saturated rings. The normalized spacial score (nSPS) is 10.1. The molecule has 5 heteroatoms. The van der Waals surface area contributed by atoms with Gasteiger partial charge in [0.25, 0.3) is 0 Å². The third-order valence-corrected chi connectivity index (χ3v) is 2.78. The van der Waals surface area contributed by atoms with E-state index in [1.165, 1.54) is 24.3 Å². The van der Waals surface area contributed by atoms with Crippen LogP contribution in [0, 0.1) is 5.82 Å². The Morgan fingerprint density at radius 1 is 1.10 bits per heavy atom. The molecule has 4 N–H and O–H groups in total. The maximum Gasteiger partial charge on any atom is 0.319 e. The molecule has 0 saturated carbocycles. The third-order valence-electron chi connectivity index (χ3n) is 2.78. The number of halogens is 1. The van der Waals surface area contributed by atoms with Gasteiger partial charge < -0.3 is 16.4 Å². The van der Waals surface area contributed by atoms with E-state index in [0.29, 0.717) is 18.8 Å². The predicted octanol–water partition coefficient (Wildman–Crippen LogP) is 2.61. The lowest BCUT2D eigenvalue weighted by Gasteiger charge is -2.08. The molecule has 0 aliphatic carbocycles. The van der Waals surface area contributed by atoms with E-state index in [1.807, 2.05) is 24.3 Å². The molecule has 0 aromatic heterocycles. The Morgan fingerprint density at radius 3 is 2.50 bits per heavy atom. The van der Waals surface area contributed by atoms with Crippen LogP contribution < -0.4 is 16.4 Å². The minimum absolute atomic E-state index is 0.338. The van der Waals surface area contributed by atoms with Gasteiger partial charge in [0.2, 0.25) is 0 Å². The van der Waals surface area contributed by atoms with Gasteiger partial charge in [-0.25, -0.2) is 9.18 Å². The summed E-state index contributed by atoms with van der Waals surface area (Å²) in [5, 5.41) is 5.36. The quantitative estimate of drug-likeness (QED) is 0.801. The molecular weight excluding hydrogens is 257 g/mol. The van der Waals surface area contributed by atoms with Crippen LogP contribution in [0.3, 0.4) is 0 Å². The zero-order valence-corrected chi connectivity index (χ0v) is 10.9. The van der Waals surface area contributed by atoms with Gasteiger partial charge in [0.1, 0.15) is 5.82 Å². The molecule has 2 amide bonds. The highest BCUT2D eigenvalue weighted by Gasteiger charge is 2.02. The predicted molar refractivity (Wildman–Crippen MR) is 76.6 cm³/mol. The Labute approximate surface area is 116 Å². The van der Waals surface area contributed by atoms with Crippen molar-refractivity contribution >= 4 is 11.7 Å². The SMILES string of the molecule is NCc1cccc(CNC(=O)Nc2ccc(F)cc2)c1. The van der Waals surface area contributed by atoms with E-state index in [9.17, 15) is 9.18 Å². The van der Waals surface area contributed by atoms with Crippen molar-refractivity contribution in [2.24, 2.45) is 5.73 Å². The Balaban J connectivity index is 1.87. The first-order valence-electron chi connectivity index (χ1n) is 6.25. The minimum atomic E-state index is -0.338. The van der Waals surface area contributed by atoms with Crippen molar-refractivity contribution < 1.29 is 9.18 Å². The zero-order chi connectivity index (χ0) is 14.4. The van der Waals surface area contributed by atoms with E-state index in [-0.39, 0.29) is 11.8 Å². The number of rotatable bonds is 4. The Bertz CT molecular complexity index is 584. The molecule has 0 aliphatic heterocycles. The summed E-state index contributed by atoms with van der Waals surface area (Å²) in [6.07, 6.45) is 0. The molecule has 0 unspecified atom stereocenters. The highest BCUT2D eigenvalue weighted by Crippen LogP contribution is 2.08. The molecule has 0 aliphatic rings. The zero-order valence-electron chi connectivity index (χ0n) is 10.9. The van der Waals surface area contributed by atoms with Gasteiger partial charge in [-0.1, -0.05) is 24.3 Å². The van der Waals surface area contributed by atoms with Crippen LogP contribution in [-0.4, -0.2) is 6.03 Å². The van der Waals surface area contributed by atoms with Crippen molar-refractivity contribution in [1.82, 2.24) is 5.32 Å². The topological polar surface area (TPSA) is 67.1 Å². The summed E-state index contributed by atoms with van der Waals surface area (Å²) >= 11 is 0. The van der Waals surface area contributed by atoms with Gasteiger partial charge >= 0.3 is 6.03 Å². The van der Waals surface area contributed by atoms with Crippen LogP contribution in [0.15, 0.2) is 48.5 Å². The summed E-state index contributed by atoms with van der Waals surface area (Å²) in [6.45, 7) is 0.872. The number of carbonyl (C=O) groups is 1. The summed E-state index contributed by atoms with van der Waals surface area (Å²) in [5.74, 6) is -0.338. The largest absolute Gasteiger partial charge is 0.334 e. The summed E-state index contributed by atoms with van der Waals surface area (Å²) in [6, 6.07) is 12.9. The minimum Gasteiger partial charge on any atom is -0.334 e. The lowest BCUT2D eigenvalue weighted by Crippen LogP contribution is -2.28. The molecule has 4 nitrogen and oxygen atoms in total. The van der Waals surface area contributed by atoms with Crippen molar-refractivity contribution in [2.75, 3.05) is 5.32 Å². The van der Waals surface area contributed by atoms with Gasteiger partial charge in [0.05, 0.1) is 0 Å². The fourth-order valence-corrected chi connectivity index (χ4v) is 1.76. The van der Waals surface area contributed by atoms with Crippen molar-refractivity contribution in [3.63, 3.8) is 0 Å². The molecule has 0 heterocycles. The number of carbonyl (C=O) groups excluding carboxylic acids is 1. The average molecular weight is 273 g/mol. The van der Waals surface area contributed by atoms with Crippen molar-refractivity contribution in [3.8, 4) is 0 Å². The summed E-state index contributed by atoms with van der Waals surface area (Å²) in [5.41, 5.74) is 8.09. The van der Waals surface area contributed by atoms with Gasteiger partial charge in [-0.3, -0.25) is 0 Å². The Hall–Kier alpha value is -2.40. The molecule has 0 radical (unpaired) electrons. The fourth-order valence-electron chi connectivity index (χ4n) is 1.76. The van der Waals surface area contributed by atoms with Gasteiger partial charge in [-0.2, -0.15) is 0 Å². The number of hydrogen-bond donors (Lipinski definition) is 3. The molecule has 2 aromatic rings. The van der Waals surface area contributed by atoms with Crippen LogP contribution in [0.25, 0.3) is 0 Å². The molecule has 104 valence electrons. The van der Waals surface area contributed by atoms with Crippen LogP contribution in [0.1, 0.15) is 11.1 Å². The van der Waals surface area contributed by atoms with Crippen molar-refractivity contribution in [1.29, 1.82) is 0 Å². The van der Waals surface area contributed by atoms with E-state index in [0.717, 1.165) is 11.1 Å². The van der Waals surface area contributed by atoms with E-state index in [4.69, 9.17) is 5.73 Å². The van der Waals surface area contributed by atoms with Crippen LogP contribution >= 0.6 is 0 Å². The maximum absolute atomic E-state index is 12.7. The van der Waals surface area contributed by atoms with Crippen molar-refractivity contribution in [3.05, 3.63) is 65.5 Å². The number of amides is 2. The van der Waals surface area contributed by atoms with Crippen molar-refractivity contribution in [2.45, 2.75) is 13.1 Å². The highest BCUT2D eigenvalue weighted by molar-refractivity contribution is 5.89. The molecule has 20 heavy (non-hydrogen) atoms. The van der Waals surface area contributed by atoms with Gasteiger partial charge in [-0.15, -0.1) is 0 Å². The number of anilines is 1. The molecule has 0 bridgehead atoms. The standard InChI is InChI=1S/C15H16FN3O/c16-13-4-6-14(7-5-13)19-15(20)18-10-12-3-1-2-11(8-12)9-17/h1-8H,9-10,17H2,(H2,18,19,20). The first-order valence-corrected chi connectivity index (χ1v) is 6.25. The molecule has 0 saturated heterocycles. The molecule has 2 rings (SSSR count). The number of hydrogen-bond acceptors (Lipinski definition) is 2. The van der Waals surface area contributed by atoms with Gasteiger partial charge in [0.15, 0.2) is 0 Å². The third kappa shape index (κ3) is 4.07. The van der Waals surface area contributed by atoms with Gasteiger partial charge in [0, 0.05) is 18.8 Å². The van der Waals surface area contributed by atoms with E-state index in [1.54, 1.807) is 0 Å². The van der Waals surface area contributed by atoms with Crippen LogP contribution in [0.5, 0.6) is 0 Å². The number of nitrogens with one attached hydrogen (secondary N) is 2. The van der Waals surface area contributed by atoms with Crippen LogP contribution in [-0.2, 0) is 13.1 Å².